The van der Waals surface area contributed by atoms with Crippen LogP contribution in [0.1, 0.15) is 33.3 Å². The highest BCUT2D eigenvalue weighted by molar-refractivity contribution is 6.46. The SMILES string of the molecule is C=CC(=O)N1CCN(c2c(C#N)c(=O)n(C3=C(C)C=CNC3C(C)C)c3nc(-c4c(Cl)c(N)c(Cl)c(F)c4Cl)c(Cl)cc23)C[C@H]1C. The number of allylic oxidation sites excluding steroid dienone is 2. The van der Waals surface area contributed by atoms with Crippen molar-refractivity contribution in [3.8, 4) is 17.3 Å². The normalized spacial score (nSPS) is 18.3. The molecule has 1 aromatic carbocycles. The molecular formula is C32H30Cl4FN7O2. The number of rotatable bonds is 5. The summed E-state index contributed by atoms with van der Waals surface area (Å²) in [7, 11) is 0. The molecule has 46 heavy (non-hydrogen) atoms. The van der Waals surface area contributed by atoms with Crippen LogP contribution in [0.5, 0.6) is 0 Å². The van der Waals surface area contributed by atoms with E-state index in [1.165, 1.54) is 10.6 Å². The molecule has 0 spiro atoms. The number of carbonyl (C=O) groups excluding carboxylic acids is 1. The summed E-state index contributed by atoms with van der Waals surface area (Å²) in [6, 6.07) is 3.07. The second kappa shape index (κ2) is 12.8. The Labute approximate surface area is 285 Å². The van der Waals surface area contributed by atoms with E-state index in [2.05, 4.69) is 18.0 Å². The number of nitrogen functional groups attached to an aromatic ring is 1. The number of pyridine rings is 2. The number of hydrogen-bond acceptors (Lipinski definition) is 7. The number of carbonyl (C=O) groups is 1. The molecule has 0 bridgehead atoms. The number of dihydropyridines is 1. The van der Waals surface area contributed by atoms with Gasteiger partial charge in [0.15, 0.2) is 5.82 Å². The van der Waals surface area contributed by atoms with E-state index in [1.807, 2.05) is 38.7 Å². The molecule has 3 N–H and O–H groups in total. The van der Waals surface area contributed by atoms with Gasteiger partial charge in [0, 0.05) is 36.6 Å². The number of fused-ring (bicyclic) bond motifs is 1. The number of benzene rings is 1. The molecule has 14 heteroatoms. The van der Waals surface area contributed by atoms with Crippen molar-refractivity contribution in [2.45, 2.75) is 39.8 Å². The number of aromatic nitrogens is 2. The lowest BCUT2D eigenvalue weighted by Crippen LogP contribution is -2.54. The van der Waals surface area contributed by atoms with Gasteiger partial charge in [0.05, 0.1) is 43.9 Å². The Morgan fingerprint density at radius 1 is 1.24 bits per heavy atom. The van der Waals surface area contributed by atoms with Gasteiger partial charge in [-0.2, -0.15) is 5.26 Å². The summed E-state index contributed by atoms with van der Waals surface area (Å²) >= 11 is 25.9. The zero-order chi connectivity index (χ0) is 33.8. The fourth-order valence-corrected chi connectivity index (χ4v) is 7.21. The molecule has 5 rings (SSSR count). The van der Waals surface area contributed by atoms with Crippen LogP contribution in [0, 0.1) is 23.1 Å². The van der Waals surface area contributed by atoms with Gasteiger partial charge in [-0.3, -0.25) is 14.2 Å². The molecule has 1 unspecified atom stereocenters. The maximum Gasteiger partial charge on any atom is 0.276 e. The minimum atomic E-state index is -1.00. The third-order valence-corrected chi connectivity index (χ3v) is 9.74. The first kappa shape index (κ1) is 33.6. The van der Waals surface area contributed by atoms with E-state index < -0.39 is 21.4 Å². The van der Waals surface area contributed by atoms with Crippen LogP contribution >= 0.6 is 46.4 Å². The lowest BCUT2D eigenvalue weighted by molar-refractivity contribution is -0.128. The van der Waals surface area contributed by atoms with Crippen molar-refractivity contribution in [2.24, 2.45) is 5.92 Å². The number of nitriles is 1. The standard InChI is InChI=1S/C32H30Cl4FN7O2/c1-6-20(45)43-10-9-42(13-16(43)5)30-17-11-19(33)28(21-22(34)25(37)24(36)26(39)23(21)35)41-31(17)44(32(46)18(30)12-38)29-15(4)7-8-40-27(29)14(2)3/h6-8,11,14,16,27,40H,1,9-10,13,39H2,2-5H3/t16-,27?/m1/s1. The van der Waals surface area contributed by atoms with Gasteiger partial charge in [-0.05, 0) is 49.8 Å². The van der Waals surface area contributed by atoms with Crippen LogP contribution in [0.2, 0.25) is 20.1 Å². The van der Waals surface area contributed by atoms with E-state index in [9.17, 15) is 14.9 Å². The first-order valence-corrected chi connectivity index (χ1v) is 15.9. The predicted molar refractivity (Wildman–Crippen MR) is 184 cm³/mol. The van der Waals surface area contributed by atoms with E-state index in [-0.39, 0.29) is 62.1 Å². The van der Waals surface area contributed by atoms with Crippen molar-refractivity contribution >= 4 is 80.4 Å². The third kappa shape index (κ3) is 5.39. The zero-order valence-electron chi connectivity index (χ0n) is 25.4. The van der Waals surface area contributed by atoms with Crippen molar-refractivity contribution in [3.05, 3.63) is 78.4 Å². The molecule has 2 aromatic heterocycles. The highest BCUT2D eigenvalue weighted by Crippen LogP contribution is 2.47. The van der Waals surface area contributed by atoms with Gasteiger partial charge in [0.25, 0.3) is 5.56 Å². The van der Waals surface area contributed by atoms with Crippen LogP contribution in [0.4, 0.5) is 15.8 Å². The second-order valence-electron chi connectivity index (χ2n) is 11.5. The fourth-order valence-electron chi connectivity index (χ4n) is 6.07. The van der Waals surface area contributed by atoms with Crippen molar-refractivity contribution in [3.63, 3.8) is 0 Å². The van der Waals surface area contributed by atoms with Crippen LogP contribution in [-0.2, 0) is 4.79 Å². The summed E-state index contributed by atoms with van der Waals surface area (Å²) in [5.74, 6) is -1.21. The number of hydrogen-bond donors (Lipinski definition) is 2. The van der Waals surface area contributed by atoms with Gasteiger partial charge in [-0.25, -0.2) is 9.37 Å². The Balaban J connectivity index is 1.91. The van der Waals surface area contributed by atoms with Crippen LogP contribution in [0.15, 0.2) is 41.4 Å². The van der Waals surface area contributed by atoms with Gasteiger partial charge >= 0.3 is 0 Å². The number of halogens is 5. The summed E-state index contributed by atoms with van der Waals surface area (Å²) in [5.41, 5.74) is 6.68. The average molecular weight is 705 g/mol. The number of amides is 1. The van der Waals surface area contributed by atoms with E-state index in [0.29, 0.717) is 36.4 Å². The zero-order valence-corrected chi connectivity index (χ0v) is 28.4. The Morgan fingerprint density at radius 2 is 1.93 bits per heavy atom. The molecule has 0 radical (unpaired) electrons. The minimum Gasteiger partial charge on any atom is -0.396 e. The molecule has 9 nitrogen and oxygen atoms in total. The van der Waals surface area contributed by atoms with E-state index >= 15 is 4.39 Å². The van der Waals surface area contributed by atoms with Crippen molar-refractivity contribution < 1.29 is 9.18 Å². The van der Waals surface area contributed by atoms with Gasteiger partial charge in [0.2, 0.25) is 5.91 Å². The maximum atomic E-state index is 15.1. The number of anilines is 2. The third-order valence-electron chi connectivity index (χ3n) is 8.34. The first-order chi connectivity index (χ1) is 21.7. The quantitative estimate of drug-likeness (QED) is 0.129. The molecule has 3 aromatic rings. The van der Waals surface area contributed by atoms with E-state index in [1.54, 1.807) is 17.2 Å². The van der Waals surface area contributed by atoms with Gasteiger partial charge < -0.3 is 20.9 Å². The summed E-state index contributed by atoms with van der Waals surface area (Å²) in [5, 5.41) is 13.1. The molecule has 4 heterocycles. The molecule has 0 aliphatic carbocycles. The van der Waals surface area contributed by atoms with Crippen LogP contribution in [0.3, 0.4) is 0 Å². The predicted octanol–water partition coefficient (Wildman–Crippen LogP) is 6.87. The molecule has 240 valence electrons. The molecule has 1 amide bonds. The van der Waals surface area contributed by atoms with Crippen molar-refractivity contribution in [1.29, 1.82) is 5.26 Å². The van der Waals surface area contributed by atoms with Crippen LogP contribution in [-0.4, -0.2) is 52.1 Å². The average Bonchev–Trinajstić information content (AvgIpc) is 3.02. The molecule has 1 saturated heterocycles. The van der Waals surface area contributed by atoms with Crippen molar-refractivity contribution in [1.82, 2.24) is 19.8 Å². The Morgan fingerprint density at radius 3 is 2.54 bits per heavy atom. The minimum absolute atomic E-state index is 0.00839. The Bertz CT molecular complexity index is 1950. The smallest absolute Gasteiger partial charge is 0.276 e. The summed E-state index contributed by atoms with van der Waals surface area (Å²) in [6.07, 6.45) is 4.88. The van der Waals surface area contributed by atoms with Gasteiger partial charge in [0.1, 0.15) is 22.3 Å². The number of nitrogens with one attached hydrogen (secondary N) is 1. The highest BCUT2D eigenvalue weighted by atomic mass is 35.5. The van der Waals surface area contributed by atoms with E-state index in [0.717, 1.165) is 5.57 Å². The number of piperazine rings is 1. The Hall–Kier alpha value is -3.75. The molecular weight excluding hydrogens is 675 g/mol. The topological polar surface area (TPSA) is 120 Å². The summed E-state index contributed by atoms with van der Waals surface area (Å²) in [4.78, 5) is 35.4. The molecule has 2 aliphatic heterocycles. The van der Waals surface area contributed by atoms with Crippen molar-refractivity contribution in [2.75, 3.05) is 30.3 Å². The lowest BCUT2D eigenvalue weighted by atomic mass is 9.94. The summed E-state index contributed by atoms with van der Waals surface area (Å²) < 4.78 is 16.5. The van der Waals surface area contributed by atoms with Gasteiger partial charge in [-0.1, -0.05) is 66.8 Å². The monoisotopic (exact) mass is 703 g/mol. The lowest BCUT2D eigenvalue weighted by Gasteiger charge is -2.41. The van der Waals surface area contributed by atoms with E-state index in [4.69, 9.17) is 57.1 Å². The molecule has 2 aliphatic rings. The van der Waals surface area contributed by atoms with Crippen LogP contribution < -0.4 is 21.5 Å². The number of nitrogens with two attached hydrogens (primary N) is 1. The summed E-state index contributed by atoms with van der Waals surface area (Å²) in [6.45, 7) is 12.3. The Kier molecular flexibility index (Phi) is 9.35. The number of nitrogens with zero attached hydrogens (tertiary/aromatic N) is 5. The molecule has 2 atom stereocenters. The van der Waals surface area contributed by atoms with Crippen LogP contribution in [0.25, 0.3) is 28.0 Å². The molecule has 0 saturated carbocycles. The first-order valence-electron chi connectivity index (χ1n) is 14.4. The molecule has 1 fully saturated rings. The largest absolute Gasteiger partial charge is 0.396 e. The van der Waals surface area contributed by atoms with Gasteiger partial charge in [-0.15, -0.1) is 0 Å². The highest BCUT2D eigenvalue weighted by Gasteiger charge is 2.34. The fraction of sp³-hybridized carbons (Fsp3) is 0.312. The maximum absolute atomic E-state index is 15.1. The second-order valence-corrected chi connectivity index (χ2v) is 13.1.